The number of carbonyl (C=O) groups excluding carboxylic acids is 1. The van der Waals surface area contributed by atoms with Crippen LogP contribution in [0.2, 0.25) is 0 Å². The highest BCUT2D eigenvalue weighted by Gasteiger charge is 2.43. The van der Waals surface area contributed by atoms with Crippen LogP contribution in [0.25, 0.3) is 0 Å². The first kappa shape index (κ1) is 17.6. The van der Waals surface area contributed by atoms with Gasteiger partial charge in [-0.3, -0.25) is 0 Å². The lowest BCUT2D eigenvalue weighted by Crippen LogP contribution is -2.43. The molecule has 0 bridgehead atoms. The maximum Gasteiger partial charge on any atom is 0.410 e. The van der Waals surface area contributed by atoms with E-state index in [1.165, 1.54) is 5.69 Å². The molecule has 0 atom stereocenters. The van der Waals surface area contributed by atoms with E-state index in [0.29, 0.717) is 0 Å². The summed E-state index contributed by atoms with van der Waals surface area (Å²) in [5.74, 6) is 0. The Kier molecular flexibility index (Phi) is 4.82. The van der Waals surface area contributed by atoms with Crippen molar-refractivity contribution in [3.8, 4) is 0 Å². The van der Waals surface area contributed by atoms with Gasteiger partial charge in [-0.05, 0) is 69.7 Å². The molecule has 0 radical (unpaired) electrons. The van der Waals surface area contributed by atoms with E-state index in [1.807, 2.05) is 25.7 Å². The monoisotopic (exact) mass is 394 g/mol. The highest BCUT2D eigenvalue weighted by atomic mass is 79.9. The number of halogens is 1. The van der Waals surface area contributed by atoms with E-state index in [2.05, 4.69) is 45.1 Å². The number of hydrogen-bond acceptors (Lipinski definition) is 3. The molecule has 2 saturated heterocycles. The van der Waals surface area contributed by atoms with Gasteiger partial charge < -0.3 is 14.5 Å². The van der Waals surface area contributed by atoms with Crippen molar-refractivity contribution >= 4 is 27.7 Å². The lowest BCUT2D eigenvalue weighted by molar-refractivity contribution is 0.0266. The zero-order valence-electron chi connectivity index (χ0n) is 14.8. The van der Waals surface area contributed by atoms with Gasteiger partial charge in [-0.1, -0.05) is 15.9 Å². The number of carbonyl (C=O) groups is 1. The van der Waals surface area contributed by atoms with Gasteiger partial charge in [0.15, 0.2) is 0 Å². The smallest absolute Gasteiger partial charge is 0.410 e. The molecule has 0 aromatic heterocycles. The van der Waals surface area contributed by atoms with Gasteiger partial charge in [0.1, 0.15) is 5.60 Å². The number of rotatable bonds is 1. The summed E-state index contributed by atoms with van der Waals surface area (Å²) in [4.78, 5) is 16.6. The maximum atomic E-state index is 12.3. The van der Waals surface area contributed by atoms with Crippen molar-refractivity contribution in [2.24, 2.45) is 5.41 Å². The molecule has 2 heterocycles. The Hall–Kier alpha value is -1.23. The molecule has 1 amide bonds. The molecule has 1 spiro atoms. The van der Waals surface area contributed by atoms with E-state index in [0.717, 1.165) is 49.9 Å². The SMILES string of the molecule is CC(C)(C)OC(=O)N1CCC2(CCN(c3ccc(Br)cc3)CC2)C1. The Morgan fingerprint density at radius 1 is 1.08 bits per heavy atom. The predicted molar refractivity (Wildman–Crippen MR) is 100 cm³/mol. The van der Waals surface area contributed by atoms with Crippen LogP contribution >= 0.6 is 15.9 Å². The quantitative estimate of drug-likeness (QED) is 0.693. The lowest BCUT2D eigenvalue weighted by atomic mass is 9.77. The van der Waals surface area contributed by atoms with Crippen LogP contribution < -0.4 is 4.90 Å². The lowest BCUT2D eigenvalue weighted by Gasteiger charge is -2.40. The van der Waals surface area contributed by atoms with Gasteiger partial charge in [0, 0.05) is 36.3 Å². The Labute approximate surface area is 153 Å². The average molecular weight is 395 g/mol. The summed E-state index contributed by atoms with van der Waals surface area (Å²) in [5.41, 5.74) is 1.15. The minimum Gasteiger partial charge on any atom is -0.444 e. The van der Waals surface area contributed by atoms with Gasteiger partial charge in [-0.25, -0.2) is 4.79 Å². The minimum absolute atomic E-state index is 0.158. The molecule has 2 aliphatic rings. The van der Waals surface area contributed by atoms with E-state index in [1.54, 1.807) is 0 Å². The number of ether oxygens (including phenoxy) is 1. The predicted octanol–water partition coefficient (Wildman–Crippen LogP) is 4.68. The Balaban J connectivity index is 1.56. The van der Waals surface area contributed by atoms with Gasteiger partial charge in [-0.15, -0.1) is 0 Å². The second kappa shape index (κ2) is 6.58. The van der Waals surface area contributed by atoms with Gasteiger partial charge in [0.05, 0.1) is 0 Å². The molecule has 1 aromatic carbocycles. The largest absolute Gasteiger partial charge is 0.444 e. The second-order valence-corrected chi connectivity index (χ2v) is 9.03. The summed E-state index contributed by atoms with van der Waals surface area (Å²) in [5, 5.41) is 0. The van der Waals surface area contributed by atoms with E-state index >= 15 is 0 Å². The molecule has 5 heteroatoms. The summed E-state index contributed by atoms with van der Waals surface area (Å²) in [6.45, 7) is 9.56. The molecule has 1 aromatic rings. The molecular weight excluding hydrogens is 368 g/mol. The Morgan fingerprint density at radius 3 is 2.25 bits per heavy atom. The normalized spacial score (nSPS) is 20.5. The van der Waals surface area contributed by atoms with Crippen LogP contribution in [0.5, 0.6) is 0 Å². The summed E-state index contributed by atoms with van der Waals surface area (Å²) in [6.07, 6.45) is 3.22. The first-order valence-corrected chi connectivity index (χ1v) is 9.54. The van der Waals surface area contributed by atoms with E-state index in [4.69, 9.17) is 4.74 Å². The highest BCUT2D eigenvalue weighted by Crippen LogP contribution is 2.41. The fraction of sp³-hybridized carbons (Fsp3) is 0.632. The number of nitrogens with zero attached hydrogens (tertiary/aromatic N) is 2. The van der Waals surface area contributed by atoms with Gasteiger partial charge >= 0.3 is 6.09 Å². The Bertz CT molecular complexity index is 586. The molecule has 4 nitrogen and oxygen atoms in total. The van der Waals surface area contributed by atoms with Crippen LogP contribution in [0.1, 0.15) is 40.0 Å². The Morgan fingerprint density at radius 2 is 1.67 bits per heavy atom. The third-order valence-corrected chi connectivity index (χ3v) is 5.63. The van der Waals surface area contributed by atoms with E-state index in [-0.39, 0.29) is 11.5 Å². The molecule has 0 N–H and O–H groups in total. The van der Waals surface area contributed by atoms with Gasteiger partial charge in [0.25, 0.3) is 0 Å². The standard InChI is InChI=1S/C19H27BrN2O2/c1-18(2,3)24-17(23)22-13-10-19(14-22)8-11-21(12-9-19)16-6-4-15(20)5-7-16/h4-7H,8-14H2,1-3H3. The summed E-state index contributed by atoms with van der Waals surface area (Å²) in [7, 11) is 0. The van der Waals surface area contributed by atoms with Crippen LogP contribution in [-0.2, 0) is 4.74 Å². The van der Waals surface area contributed by atoms with Crippen LogP contribution in [0.3, 0.4) is 0 Å². The minimum atomic E-state index is -0.419. The number of amides is 1. The highest BCUT2D eigenvalue weighted by molar-refractivity contribution is 9.10. The second-order valence-electron chi connectivity index (χ2n) is 8.12. The fourth-order valence-corrected chi connectivity index (χ4v) is 3.98. The third-order valence-electron chi connectivity index (χ3n) is 5.11. The zero-order valence-corrected chi connectivity index (χ0v) is 16.4. The van der Waals surface area contributed by atoms with Crippen molar-refractivity contribution in [1.82, 2.24) is 4.90 Å². The van der Waals surface area contributed by atoms with Gasteiger partial charge in [0.2, 0.25) is 0 Å². The van der Waals surface area contributed by atoms with Crippen molar-refractivity contribution in [2.45, 2.75) is 45.6 Å². The molecule has 132 valence electrons. The topological polar surface area (TPSA) is 32.8 Å². The van der Waals surface area contributed by atoms with Crippen molar-refractivity contribution in [3.63, 3.8) is 0 Å². The zero-order chi connectivity index (χ0) is 17.4. The van der Waals surface area contributed by atoms with Crippen LogP contribution in [-0.4, -0.2) is 42.8 Å². The molecule has 0 saturated carbocycles. The summed E-state index contributed by atoms with van der Waals surface area (Å²) in [6, 6.07) is 8.53. The van der Waals surface area contributed by atoms with E-state index < -0.39 is 5.60 Å². The molecule has 3 rings (SSSR count). The van der Waals surface area contributed by atoms with Gasteiger partial charge in [-0.2, -0.15) is 0 Å². The first-order valence-electron chi connectivity index (χ1n) is 8.75. The van der Waals surface area contributed by atoms with Crippen molar-refractivity contribution in [1.29, 1.82) is 0 Å². The van der Waals surface area contributed by atoms with Crippen molar-refractivity contribution in [3.05, 3.63) is 28.7 Å². The summed E-state index contributed by atoms with van der Waals surface area (Å²) < 4.78 is 6.64. The average Bonchev–Trinajstić information content (AvgIpc) is 2.92. The van der Waals surface area contributed by atoms with Crippen molar-refractivity contribution < 1.29 is 9.53 Å². The number of piperidine rings is 1. The number of benzene rings is 1. The molecule has 2 fully saturated rings. The summed E-state index contributed by atoms with van der Waals surface area (Å²) >= 11 is 3.49. The number of hydrogen-bond donors (Lipinski definition) is 0. The van der Waals surface area contributed by atoms with Crippen molar-refractivity contribution in [2.75, 3.05) is 31.1 Å². The molecule has 0 aliphatic carbocycles. The fourth-order valence-electron chi connectivity index (χ4n) is 3.72. The molecule has 24 heavy (non-hydrogen) atoms. The number of anilines is 1. The van der Waals surface area contributed by atoms with E-state index in [9.17, 15) is 4.79 Å². The molecular formula is C19H27BrN2O2. The van der Waals surface area contributed by atoms with Crippen LogP contribution in [0.4, 0.5) is 10.5 Å². The molecule has 2 aliphatic heterocycles. The third kappa shape index (κ3) is 4.05. The van der Waals surface area contributed by atoms with Crippen LogP contribution in [0, 0.1) is 5.41 Å². The number of likely N-dealkylation sites (tertiary alicyclic amines) is 1. The first-order chi connectivity index (χ1) is 11.3. The maximum absolute atomic E-state index is 12.3. The van der Waals surface area contributed by atoms with Crippen LogP contribution in [0.15, 0.2) is 28.7 Å². The molecule has 0 unspecified atom stereocenters.